The molecule has 0 spiro atoms. The van der Waals surface area contributed by atoms with Gasteiger partial charge in [0.1, 0.15) is 17.7 Å². The first-order chi connectivity index (χ1) is 10.2. The molecule has 0 aromatic heterocycles. The number of benzene rings is 2. The minimum absolute atomic E-state index is 0.0227. The van der Waals surface area contributed by atoms with Crippen molar-refractivity contribution in [3.8, 4) is 23.3 Å². The highest BCUT2D eigenvalue weighted by atomic mass is 16.1. The smallest absolute Gasteiger partial charge is 0.167 e. The topological polar surface area (TPSA) is 64.7 Å². The van der Waals surface area contributed by atoms with Gasteiger partial charge >= 0.3 is 0 Å². The Bertz CT molecular complexity index is 833. The molecule has 0 saturated carbocycles. The summed E-state index contributed by atoms with van der Waals surface area (Å²) >= 11 is 0. The van der Waals surface area contributed by atoms with Crippen molar-refractivity contribution in [1.82, 2.24) is 0 Å². The lowest BCUT2D eigenvalue weighted by Gasteiger charge is -2.05. The van der Waals surface area contributed by atoms with Gasteiger partial charge < -0.3 is 0 Å². The number of nitriles is 2. The third-order valence-corrected chi connectivity index (χ3v) is 3.61. The van der Waals surface area contributed by atoms with Gasteiger partial charge in [-0.25, -0.2) is 0 Å². The molecule has 3 nitrogen and oxygen atoms in total. The first-order valence-corrected chi connectivity index (χ1v) is 6.51. The summed E-state index contributed by atoms with van der Waals surface area (Å²) in [7, 11) is 0. The summed E-state index contributed by atoms with van der Waals surface area (Å²) in [5.74, 6) is -0.0409. The van der Waals surface area contributed by atoms with E-state index in [0.29, 0.717) is 16.7 Å². The van der Waals surface area contributed by atoms with Crippen LogP contribution in [-0.2, 0) is 0 Å². The van der Waals surface area contributed by atoms with Crippen molar-refractivity contribution in [3.63, 3.8) is 0 Å². The summed E-state index contributed by atoms with van der Waals surface area (Å²) < 4.78 is 0. The van der Waals surface area contributed by atoms with Crippen LogP contribution in [0, 0.1) is 22.7 Å². The monoisotopic (exact) mass is 270 g/mol. The molecule has 1 aliphatic carbocycles. The van der Waals surface area contributed by atoms with Gasteiger partial charge in [0, 0.05) is 12.0 Å². The van der Waals surface area contributed by atoms with E-state index >= 15 is 0 Å². The Morgan fingerprint density at radius 3 is 2.29 bits per heavy atom. The zero-order chi connectivity index (χ0) is 14.8. The number of allylic oxidation sites excluding steroid dienone is 2. The Labute approximate surface area is 122 Å². The molecule has 98 valence electrons. The van der Waals surface area contributed by atoms with Crippen LogP contribution in [0.3, 0.4) is 0 Å². The van der Waals surface area contributed by atoms with Crippen LogP contribution in [0.5, 0.6) is 0 Å². The maximum Gasteiger partial charge on any atom is 0.167 e. The lowest BCUT2D eigenvalue weighted by Crippen LogP contribution is -1.91. The van der Waals surface area contributed by atoms with Gasteiger partial charge in [-0.15, -0.1) is 0 Å². The minimum Gasteiger partial charge on any atom is -0.294 e. The van der Waals surface area contributed by atoms with Crippen molar-refractivity contribution in [2.45, 2.75) is 6.42 Å². The van der Waals surface area contributed by atoms with Gasteiger partial charge in [-0.05, 0) is 28.3 Å². The average Bonchev–Trinajstić information content (AvgIpc) is 2.86. The summed E-state index contributed by atoms with van der Waals surface area (Å²) in [4.78, 5) is 12.1. The van der Waals surface area contributed by atoms with Crippen LogP contribution in [0.2, 0.25) is 0 Å². The summed E-state index contributed by atoms with van der Waals surface area (Å²) in [5.41, 5.74) is 3.85. The van der Waals surface area contributed by atoms with E-state index in [9.17, 15) is 4.79 Å². The fourth-order valence-corrected chi connectivity index (χ4v) is 2.58. The van der Waals surface area contributed by atoms with E-state index in [-0.39, 0.29) is 17.8 Å². The Morgan fingerprint density at radius 2 is 1.62 bits per heavy atom. The van der Waals surface area contributed by atoms with Gasteiger partial charge in [-0.2, -0.15) is 10.5 Å². The molecule has 0 unspecified atom stereocenters. The second kappa shape index (κ2) is 5.07. The molecule has 2 aromatic carbocycles. The molecule has 0 radical (unpaired) electrons. The maximum atomic E-state index is 12.1. The highest BCUT2D eigenvalue weighted by molar-refractivity contribution is 6.13. The molecule has 0 amide bonds. The van der Waals surface area contributed by atoms with E-state index in [2.05, 4.69) is 0 Å². The van der Waals surface area contributed by atoms with Crippen LogP contribution < -0.4 is 0 Å². The zero-order valence-electron chi connectivity index (χ0n) is 11.1. The minimum atomic E-state index is -0.0409. The lowest BCUT2D eigenvalue weighted by atomic mass is 9.98. The van der Waals surface area contributed by atoms with E-state index in [1.807, 2.05) is 60.7 Å². The van der Waals surface area contributed by atoms with E-state index in [4.69, 9.17) is 10.5 Å². The lowest BCUT2D eigenvalue weighted by molar-refractivity contribution is 0.100. The predicted octanol–water partition coefficient (Wildman–Crippen LogP) is 3.74. The number of carbonyl (C=O) groups excluding carboxylic acids is 1. The third kappa shape index (κ3) is 2.12. The molecule has 0 saturated heterocycles. The van der Waals surface area contributed by atoms with E-state index < -0.39 is 0 Å². The van der Waals surface area contributed by atoms with Gasteiger partial charge in [0.25, 0.3) is 0 Å². The highest BCUT2D eigenvalue weighted by Crippen LogP contribution is 2.36. The van der Waals surface area contributed by atoms with Crippen molar-refractivity contribution >= 4 is 11.4 Å². The van der Waals surface area contributed by atoms with Gasteiger partial charge in [0.2, 0.25) is 0 Å². The Kier molecular flexibility index (Phi) is 3.10. The van der Waals surface area contributed by atoms with E-state index in [1.165, 1.54) is 0 Å². The number of carbonyl (C=O) groups is 1. The molecule has 0 fully saturated rings. The number of hydrogen-bond acceptors (Lipinski definition) is 3. The van der Waals surface area contributed by atoms with Gasteiger partial charge in [-0.1, -0.05) is 42.5 Å². The zero-order valence-corrected chi connectivity index (χ0v) is 11.1. The standard InChI is InChI=1S/C18H10N2O/c19-10-14(11-20)16-9-18(21)17-8-13(6-7-15(16)17)12-4-2-1-3-5-12/h1-8H,9H2. The van der Waals surface area contributed by atoms with Crippen LogP contribution >= 0.6 is 0 Å². The second-order valence-electron chi connectivity index (χ2n) is 4.80. The molecule has 0 N–H and O–H groups in total. The molecular weight excluding hydrogens is 260 g/mol. The quantitative estimate of drug-likeness (QED) is 0.741. The first-order valence-electron chi connectivity index (χ1n) is 6.51. The normalized spacial score (nSPS) is 12.5. The molecule has 2 aromatic rings. The highest BCUT2D eigenvalue weighted by Gasteiger charge is 2.27. The van der Waals surface area contributed by atoms with E-state index in [0.717, 1.165) is 11.1 Å². The van der Waals surface area contributed by atoms with Crippen LogP contribution in [0.25, 0.3) is 16.7 Å². The molecule has 21 heavy (non-hydrogen) atoms. The Morgan fingerprint density at radius 1 is 0.905 bits per heavy atom. The Balaban J connectivity index is 2.17. The van der Waals surface area contributed by atoms with Crippen LogP contribution in [-0.4, -0.2) is 5.78 Å². The third-order valence-electron chi connectivity index (χ3n) is 3.61. The van der Waals surface area contributed by atoms with Crippen molar-refractivity contribution in [1.29, 1.82) is 10.5 Å². The first kappa shape index (κ1) is 12.8. The maximum absolute atomic E-state index is 12.1. The number of rotatable bonds is 1. The summed E-state index contributed by atoms with van der Waals surface area (Å²) in [6.45, 7) is 0. The van der Waals surface area contributed by atoms with Gasteiger partial charge in [0.15, 0.2) is 5.78 Å². The molecule has 0 bridgehead atoms. The number of nitrogens with zero attached hydrogens (tertiary/aromatic N) is 2. The fraction of sp³-hybridized carbons (Fsp3) is 0.0556. The van der Waals surface area contributed by atoms with Crippen molar-refractivity contribution in [3.05, 3.63) is 65.2 Å². The van der Waals surface area contributed by atoms with E-state index in [1.54, 1.807) is 0 Å². The fourth-order valence-electron chi connectivity index (χ4n) is 2.58. The number of hydrogen-bond donors (Lipinski definition) is 0. The molecule has 0 atom stereocenters. The molecule has 3 heteroatoms. The van der Waals surface area contributed by atoms with Crippen LogP contribution in [0.15, 0.2) is 54.1 Å². The molecule has 3 rings (SSSR count). The molecule has 1 aliphatic rings. The Hall–Kier alpha value is -3.17. The second-order valence-corrected chi connectivity index (χ2v) is 4.80. The number of fused-ring (bicyclic) bond motifs is 1. The summed E-state index contributed by atoms with van der Waals surface area (Å²) in [6, 6.07) is 19.1. The summed E-state index contributed by atoms with van der Waals surface area (Å²) in [6.07, 6.45) is 0.129. The van der Waals surface area contributed by atoms with Gasteiger partial charge in [-0.3, -0.25) is 4.79 Å². The molecular formula is C18H10N2O. The molecule has 0 aliphatic heterocycles. The van der Waals surface area contributed by atoms with Crippen molar-refractivity contribution in [2.75, 3.05) is 0 Å². The molecule has 0 heterocycles. The average molecular weight is 270 g/mol. The van der Waals surface area contributed by atoms with Crippen molar-refractivity contribution in [2.24, 2.45) is 0 Å². The predicted molar refractivity (Wildman–Crippen MR) is 79.0 cm³/mol. The largest absolute Gasteiger partial charge is 0.294 e. The van der Waals surface area contributed by atoms with Gasteiger partial charge in [0.05, 0.1) is 0 Å². The van der Waals surface area contributed by atoms with Crippen molar-refractivity contribution < 1.29 is 4.79 Å². The van der Waals surface area contributed by atoms with Crippen LogP contribution in [0.1, 0.15) is 22.3 Å². The SMILES string of the molecule is N#CC(C#N)=C1CC(=O)c2cc(-c3ccccc3)ccc21. The number of ketones is 1. The number of Topliss-reactive ketones (excluding diaryl/α,β-unsaturated/α-hetero) is 1. The summed E-state index contributed by atoms with van der Waals surface area (Å²) in [5, 5.41) is 18.0. The van der Waals surface area contributed by atoms with Crippen LogP contribution in [0.4, 0.5) is 0 Å².